The lowest BCUT2D eigenvalue weighted by Gasteiger charge is -2.36. The second kappa shape index (κ2) is 6.05. The molecule has 4 nitrogen and oxygen atoms in total. The smallest absolute Gasteiger partial charge is 0.151 e. The third-order valence-electron chi connectivity index (χ3n) is 4.98. The predicted octanol–water partition coefficient (Wildman–Crippen LogP) is 2.30. The molecule has 0 bridgehead atoms. The molecule has 0 amide bonds. The first-order chi connectivity index (χ1) is 11.0. The number of phenols is 2. The molecule has 4 N–H and O–H groups in total. The quantitative estimate of drug-likeness (QED) is 0.796. The Hall–Kier alpha value is -2.33. The molecule has 4 atom stereocenters. The first-order valence-electron chi connectivity index (χ1n) is 7.95. The summed E-state index contributed by atoms with van der Waals surface area (Å²) in [5.41, 5.74) is 1.53. The maximum absolute atomic E-state index is 12.7. The molecule has 120 valence electrons. The van der Waals surface area contributed by atoms with Crippen molar-refractivity contribution in [2.24, 2.45) is 11.8 Å². The monoisotopic (exact) mass is 312 g/mol. The number of benzene rings is 2. The molecule has 0 spiro atoms. The molecule has 0 aromatic heterocycles. The van der Waals surface area contributed by atoms with Gasteiger partial charge in [-0.1, -0.05) is 24.3 Å². The van der Waals surface area contributed by atoms with E-state index in [1.54, 1.807) is 24.3 Å². The summed E-state index contributed by atoms with van der Waals surface area (Å²) < 4.78 is 0. The number of piperidine rings is 1. The van der Waals surface area contributed by atoms with Crippen molar-refractivity contribution in [3.8, 4) is 11.5 Å². The van der Waals surface area contributed by atoms with E-state index in [1.165, 1.54) is 0 Å². The first-order valence-corrected chi connectivity index (χ1v) is 7.95. The molecule has 1 fully saturated rings. The van der Waals surface area contributed by atoms with Gasteiger partial charge in [-0.15, -0.1) is 0 Å². The van der Waals surface area contributed by atoms with Crippen LogP contribution in [0.25, 0.3) is 0 Å². The van der Waals surface area contributed by atoms with Crippen LogP contribution >= 0.6 is 0 Å². The van der Waals surface area contributed by atoms with Gasteiger partial charge in [0.15, 0.2) is 5.78 Å². The predicted molar refractivity (Wildman–Crippen MR) is 87.0 cm³/mol. The maximum Gasteiger partial charge on any atom is 0.151 e. The zero-order chi connectivity index (χ0) is 16.6. The molecular weight excluding hydrogens is 290 g/mol. The van der Waals surface area contributed by atoms with Gasteiger partial charge in [0.1, 0.15) is 23.6 Å². The van der Waals surface area contributed by atoms with E-state index in [0.717, 1.165) is 11.1 Å². The Morgan fingerprint density at radius 1 is 0.783 bits per heavy atom. The largest absolute Gasteiger partial charge is 0.507 e. The molecule has 1 aliphatic heterocycles. The molecule has 23 heavy (non-hydrogen) atoms. The summed E-state index contributed by atoms with van der Waals surface area (Å²) >= 11 is 0. The van der Waals surface area contributed by atoms with Gasteiger partial charge in [0.25, 0.3) is 0 Å². The van der Waals surface area contributed by atoms with Crippen LogP contribution in [0, 0.1) is 11.8 Å². The third-order valence-corrected chi connectivity index (χ3v) is 4.98. The molecule has 4 heteroatoms. The summed E-state index contributed by atoms with van der Waals surface area (Å²) in [5, 5.41) is 22.4. The van der Waals surface area contributed by atoms with Crippen LogP contribution in [0.5, 0.6) is 11.5 Å². The molecule has 2 aromatic rings. The van der Waals surface area contributed by atoms with Crippen LogP contribution in [0.4, 0.5) is 0 Å². The minimum atomic E-state index is -0.194. The first kappa shape index (κ1) is 15.6. The molecule has 0 saturated carbocycles. The van der Waals surface area contributed by atoms with Gasteiger partial charge in [0.05, 0.1) is 23.0 Å². The molecule has 1 saturated heterocycles. The van der Waals surface area contributed by atoms with E-state index in [-0.39, 0.29) is 41.2 Å². The van der Waals surface area contributed by atoms with E-state index < -0.39 is 0 Å². The number of para-hydroxylation sites is 2. The number of nitrogens with two attached hydrogens (primary N) is 1. The Bertz CT molecular complexity index is 669. The Labute approximate surface area is 135 Å². The number of quaternary nitrogens is 1. The lowest BCUT2D eigenvalue weighted by molar-refractivity contribution is -0.748. The minimum absolute atomic E-state index is 0.161. The average molecular weight is 312 g/mol. The normalized spacial score (nSPS) is 27.8. The number of ketones is 1. The molecule has 2 aromatic carbocycles. The molecule has 1 aliphatic rings. The van der Waals surface area contributed by atoms with Gasteiger partial charge in [-0.25, -0.2) is 0 Å². The van der Waals surface area contributed by atoms with Crippen molar-refractivity contribution in [1.82, 2.24) is 0 Å². The Balaban J connectivity index is 2.02. The number of hydrogen-bond donors (Lipinski definition) is 3. The van der Waals surface area contributed by atoms with E-state index in [1.807, 2.05) is 38.1 Å². The van der Waals surface area contributed by atoms with E-state index in [0.29, 0.717) is 0 Å². The van der Waals surface area contributed by atoms with Crippen molar-refractivity contribution < 1.29 is 20.3 Å². The lowest BCUT2D eigenvalue weighted by Crippen LogP contribution is -2.91. The molecule has 3 rings (SSSR count). The van der Waals surface area contributed by atoms with Crippen molar-refractivity contribution in [2.75, 3.05) is 0 Å². The lowest BCUT2D eigenvalue weighted by atomic mass is 9.76. The fourth-order valence-corrected chi connectivity index (χ4v) is 3.61. The number of aromatic hydroxyl groups is 2. The molecule has 0 radical (unpaired) electrons. The summed E-state index contributed by atoms with van der Waals surface area (Å²) in [6.45, 7) is 3.82. The molecule has 0 aliphatic carbocycles. The standard InChI is InChI=1S/C19H21NO3/c1-11-17(13-7-3-5-9-15(13)21)20-18(12(2)19(11)23)14-8-4-6-10-16(14)22/h3-12,17-18,20-22H,1-2H3/p+1/t11-,12+,17-,18-/m0/s1. The minimum Gasteiger partial charge on any atom is -0.507 e. The Morgan fingerprint density at radius 2 is 1.17 bits per heavy atom. The highest BCUT2D eigenvalue weighted by molar-refractivity contribution is 5.85. The van der Waals surface area contributed by atoms with Crippen molar-refractivity contribution in [3.05, 3.63) is 59.7 Å². The number of Topliss-reactive ketones (excluding diaryl/α,β-unsaturated/α-hetero) is 1. The van der Waals surface area contributed by atoms with Gasteiger partial charge in [0.2, 0.25) is 0 Å². The van der Waals surface area contributed by atoms with Crippen LogP contribution in [0.2, 0.25) is 0 Å². The second-order valence-corrected chi connectivity index (χ2v) is 6.34. The van der Waals surface area contributed by atoms with Gasteiger partial charge in [-0.2, -0.15) is 0 Å². The highest BCUT2D eigenvalue weighted by Crippen LogP contribution is 2.37. The van der Waals surface area contributed by atoms with Crippen LogP contribution in [-0.4, -0.2) is 16.0 Å². The van der Waals surface area contributed by atoms with Gasteiger partial charge in [-0.05, 0) is 38.1 Å². The SMILES string of the molecule is C[C@@H]1C(=O)[C@H](C)[C@@H](c2ccccc2O)[NH2+][C@@H]1c1ccccc1O. The van der Waals surface area contributed by atoms with Crippen molar-refractivity contribution >= 4 is 5.78 Å². The Morgan fingerprint density at radius 3 is 1.57 bits per heavy atom. The van der Waals surface area contributed by atoms with Crippen LogP contribution in [-0.2, 0) is 4.79 Å². The second-order valence-electron chi connectivity index (χ2n) is 6.34. The topological polar surface area (TPSA) is 74.1 Å². The molecular formula is C19H22NO3+. The zero-order valence-electron chi connectivity index (χ0n) is 13.3. The summed E-state index contributed by atoms with van der Waals surface area (Å²) in [7, 11) is 0. The van der Waals surface area contributed by atoms with Gasteiger partial charge in [0, 0.05) is 0 Å². The van der Waals surface area contributed by atoms with E-state index in [4.69, 9.17) is 0 Å². The van der Waals surface area contributed by atoms with Crippen LogP contribution < -0.4 is 5.32 Å². The fourth-order valence-electron chi connectivity index (χ4n) is 3.61. The van der Waals surface area contributed by atoms with Crippen LogP contribution in [0.3, 0.4) is 0 Å². The third kappa shape index (κ3) is 2.70. The molecule has 0 unspecified atom stereocenters. The fraction of sp³-hybridized carbons (Fsp3) is 0.316. The number of hydrogen-bond acceptors (Lipinski definition) is 3. The van der Waals surface area contributed by atoms with Gasteiger partial charge in [-0.3, -0.25) is 4.79 Å². The van der Waals surface area contributed by atoms with Crippen molar-refractivity contribution in [2.45, 2.75) is 25.9 Å². The van der Waals surface area contributed by atoms with E-state index in [9.17, 15) is 15.0 Å². The number of phenolic OH excluding ortho intramolecular Hbond substituents is 2. The van der Waals surface area contributed by atoms with Gasteiger partial charge >= 0.3 is 0 Å². The Kier molecular flexibility index (Phi) is 4.09. The summed E-state index contributed by atoms with van der Waals surface area (Å²) in [6.07, 6.45) is 0. The highest BCUT2D eigenvalue weighted by Gasteiger charge is 2.45. The summed E-state index contributed by atoms with van der Waals surface area (Å²) in [4.78, 5) is 12.7. The number of carbonyl (C=O) groups excluding carboxylic acids is 1. The number of rotatable bonds is 2. The van der Waals surface area contributed by atoms with Crippen molar-refractivity contribution in [3.63, 3.8) is 0 Å². The van der Waals surface area contributed by atoms with E-state index in [2.05, 4.69) is 5.32 Å². The average Bonchev–Trinajstić information content (AvgIpc) is 2.55. The number of carbonyl (C=O) groups is 1. The molecule has 1 heterocycles. The highest BCUT2D eigenvalue weighted by atomic mass is 16.3. The maximum atomic E-state index is 12.7. The van der Waals surface area contributed by atoms with Gasteiger partial charge < -0.3 is 15.5 Å². The summed E-state index contributed by atoms with van der Waals surface area (Å²) in [6, 6.07) is 14.0. The van der Waals surface area contributed by atoms with Crippen molar-refractivity contribution in [1.29, 1.82) is 0 Å². The summed E-state index contributed by atoms with van der Waals surface area (Å²) in [5.74, 6) is 0.188. The van der Waals surface area contributed by atoms with Crippen LogP contribution in [0.15, 0.2) is 48.5 Å². The zero-order valence-corrected chi connectivity index (χ0v) is 13.3. The van der Waals surface area contributed by atoms with E-state index >= 15 is 0 Å². The van der Waals surface area contributed by atoms with Crippen LogP contribution in [0.1, 0.15) is 37.1 Å².